The number of carbonyl (C=O) groups is 1. The summed E-state index contributed by atoms with van der Waals surface area (Å²) in [5.41, 5.74) is 0.946. The molecule has 1 fully saturated rings. The molecule has 0 saturated heterocycles. The topological polar surface area (TPSA) is 92.1 Å². The maximum absolute atomic E-state index is 11.7. The van der Waals surface area contributed by atoms with Crippen LogP contribution in [-0.2, 0) is 4.74 Å². The molecular formula is C20H21N3O5. The fourth-order valence-electron chi connectivity index (χ4n) is 3.51. The quantitative estimate of drug-likeness (QED) is 0.707. The number of aldehydes is 1. The van der Waals surface area contributed by atoms with E-state index in [0.717, 1.165) is 32.0 Å². The van der Waals surface area contributed by atoms with Crippen LogP contribution < -0.4 is 14.2 Å². The van der Waals surface area contributed by atoms with Crippen molar-refractivity contribution in [1.29, 1.82) is 0 Å². The van der Waals surface area contributed by atoms with Gasteiger partial charge in [0.2, 0.25) is 17.7 Å². The number of aromatic nitrogens is 2. The molecule has 2 aliphatic rings. The zero-order chi connectivity index (χ0) is 19.5. The lowest BCUT2D eigenvalue weighted by molar-refractivity contribution is 0.112. The molecule has 1 aliphatic heterocycles. The Labute approximate surface area is 162 Å². The van der Waals surface area contributed by atoms with Gasteiger partial charge >= 0.3 is 6.01 Å². The highest BCUT2D eigenvalue weighted by Crippen LogP contribution is 2.35. The molecule has 8 heteroatoms. The van der Waals surface area contributed by atoms with Crippen LogP contribution in [0.3, 0.4) is 0 Å². The van der Waals surface area contributed by atoms with Gasteiger partial charge in [-0.15, -0.1) is 0 Å². The minimum atomic E-state index is 0.0384. The first-order chi connectivity index (χ1) is 13.7. The molecule has 1 aromatic carbocycles. The third kappa shape index (κ3) is 3.49. The number of hydrogen-bond donors (Lipinski definition) is 0. The molecule has 4 rings (SSSR count). The van der Waals surface area contributed by atoms with Crippen molar-refractivity contribution in [2.75, 3.05) is 14.2 Å². The Bertz CT molecular complexity index is 892. The predicted octanol–water partition coefficient (Wildman–Crippen LogP) is 3.19. The van der Waals surface area contributed by atoms with Crippen LogP contribution in [0, 0.1) is 0 Å². The summed E-state index contributed by atoms with van der Waals surface area (Å²) in [4.78, 5) is 24.8. The van der Waals surface area contributed by atoms with Crippen LogP contribution in [0.25, 0.3) is 0 Å². The Balaban J connectivity index is 1.72. The molecule has 146 valence electrons. The van der Waals surface area contributed by atoms with E-state index >= 15 is 0 Å². The Kier molecular flexibility index (Phi) is 5.10. The number of ether oxygens (including phenoxy) is 4. The van der Waals surface area contributed by atoms with Crippen LogP contribution in [-0.4, -0.2) is 48.5 Å². The van der Waals surface area contributed by atoms with E-state index in [1.54, 1.807) is 24.3 Å². The highest BCUT2D eigenvalue weighted by Gasteiger charge is 2.35. The van der Waals surface area contributed by atoms with Crippen molar-refractivity contribution in [3.63, 3.8) is 0 Å². The van der Waals surface area contributed by atoms with E-state index in [1.165, 1.54) is 14.2 Å². The standard InChI is InChI=1S/C20H21N3O5/c1-25-16-10-17(26-2)23-20(22-16)28-15-9-5-6-12(11-24)18(15)19-21-13-7-3-4-8-14(13)27-19/h5-6,9-11,13-14H,3-4,7-8H2,1-2H3. The largest absolute Gasteiger partial charge is 0.481 e. The van der Waals surface area contributed by atoms with E-state index in [1.807, 2.05) is 0 Å². The first-order valence-electron chi connectivity index (χ1n) is 9.19. The van der Waals surface area contributed by atoms with Crippen LogP contribution in [0.2, 0.25) is 0 Å². The second-order valence-electron chi connectivity index (χ2n) is 6.62. The van der Waals surface area contributed by atoms with E-state index in [9.17, 15) is 4.79 Å². The van der Waals surface area contributed by atoms with Gasteiger partial charge in [0.15, 0.2) is 6.29 Å². The predicted molar refractivity (Wildman–Crippen MR) is 101 cm³/mol. The number of benzene rings is 1. The van der Waals surface area contributed by atoms with Gasteiger partial charge in [0.25, 0.3) is 0 Å². The monoisotopic (exact) mass is 383 g/mol. The summed E-state index contributed by atoms with van der Waals surface area (Å²) in [6.07, 6.45) is 5.04. The Morgan fingerprint density at radius 2 is 1.86 bits per heavy atom. The molecule has 28 heavy (non-hydrogen) atoms. The van der Waals surface area contributed by atoms with Crippen LogP contribution in [0.4, 0.5) is 0 Å². The molecule has 0 N–H and O–H groups in total. The normalized spacial score (nSPS) is 20.6. The summed E-state index contributed by atoms with van der Waals surface area (Å²) in [5.74, 6) is 1.42. The second kappa shape index (κ2) is 7.84. The van der Waals surface area contributed by atoms with Gasteiger partial charge in [-0.25, -0.2) is 4.99 Å². The maximum atomic E-state index is 11.7. The van der Waals surface area contributed by atoms with Crippen molar-refractivity contribution < 1.29 is 23.7 Å². The van der Waals surface area contributed by atoms with Crippen molar-refractivity contribution in [2.24, 2.45) is 4.99 Å². The summed E-state index contributed by atoms with van der Waals surface area (Å²) in [5, 5.41) is 0. The van der Waals surface area contributed by atoms with Gasteiger partial charge < -0.3 is 18.9 Å². The lowest BCUT2D eigenvalue weighted by Gasteiger charge is -2.22. The highest BCUT2D eigenvalue weighted by molar-refractivity contribution is 6.04. The summed E-state index contributed by atoms with van der Waals surface area (Å²) >= 11 is 0. The Morgan fingerprint density at radius 3 is 2.54 bits per heavy atom. The van der Waals surface area contributed by atoms with Gasteiger partial charge in [-0.05, 0) is 25.3 Å². The molecule has 0 bridgehead atoms. The molecule has 8 nitrogen and oxygen atoms in total. The van der Waals surface area contributed by atoms with Crippen molar-refractivity contribution >= 4 is 12.2 Å². The Hall–Kier alpha value is -3.16. The molecule has 2 atom stereocenters. The van der Waals surface area contributed by atoms with Gasteiger partial charge in [-0.2, -0.15) is 9.97 Å². The molecule has 1 saturated carbocycles. The SMILES string of the molecule is COc1cc(OC)nc(Oc2cccc(C=O)c2C2=NC3CCCCC3O2)n1. The zero-order valence-corrected chi connectivity index (χ0v) is 15.8. The smallest absolute Gasteiger partial charge is 0.328 e. The minimum Gasteiger partial charge on any atom is -0.481 e. The number of methoxy groups -OCH3 is 2. The third-order valence-electron chi connectivity index (χ3n) is 4.89. The molecule has 2 unspecified atom stereocenters. The molecule has 2 aromatic rings. The number of fused-ring (bicyclic) bond motifs is 1. The van der Waals surface area contributed by atoms with Crippen molar-refractivity contribution in [3.8, 4) is 23.5 Å². The number of rotatable bonds is 6. The molecule has 0 amide bonds. The first-order valence-corrected chi connectivity index (χ1v) is 9.19. The zero-order valence-electron chi connectivity index (χ0n) is 15.8. The van der Waals surface area contributed by atoms with E-state index in [2.05, 4.69) is 9.97 Å². The van der Waals surface area contributed by atoms with Crippen molar-refractivity contribution in [2.45, 2.75) is 37.8 Å². The van der Waals surface area contributed by atoms with Crippen LogP contribution in [0.15, 0.2) is 29.3 Å². The van der Waals surface area contributed by atoms with Crippen molar-refractivity contribution in [1.82, 2.24) is 9.97 Å². The van der Waals surface area contributed by atoms with Crippen LogP contribution in [0.1, 0.15) is 41.6 Å². The summed E-state index contributed by atoms with van der Waals surface area (Å²) in [6.45, 7) is 0. The van der Waals surface area contributed by atoms with Crippen LogP contribution >= 0.6 is 0 Å². The van der Waals surface area contributed by atoms with Gasteiger partial charge in [-0.3, -0.25) is 4.79 Å². The highest BCUT2D eigenvalue weighted by atomic mass is 16.5. The average molecular weight is 383 g/mol. The average Bonchev–Trinajstić information content (AvgIpc) is 3.16. The molecule has 0 spiro atoms. The number of nitrogens with zero attached hydrogens (tertiary/aromatic N) is 3. The second-order valence-corrected chi connectivity index (χ2v) is 6.62. The van der Waals surface area contributed by atoms with E-state index in [-0.39, 0.29) is 18.2 Å². The number of hydrogen-bond acceptors (Lipinski definition) is 8. The summed E-state index contributed by atoms with van der Waals surface area (Å²) in [6, 6.07) is 6.87. The molecule has 0 radical (unpaired) electrons. The van der Waals surface area contributed by atoms with Gasteiger partial charge in [0, 0.05) is 5.56 Å². The third-order valence-corrected chi connectivity index (χ3v) is 4.89. The van der Waals surface area contributed by atoms with E-state index < -0.39 is 0 Å². The first kappa shape index (κ1) is 18.2. The van der Waals surface area contributed by atoms with Gasteiger partial charge in [0.1, 0.15) is 11.9 Å². The lowest BCUT2D eigenvalue weighted by atomic mass is 9.94. The van der Waals surface area contributed by atoms with Crippen molar-refractivity contribution in [3.05, 3.63) is 35.4 Å². The van der Waals surface area contributed by atoms with Crippen LogP contribution in [0.5, 0.6) is 23.5 Å². The number of aliphatic imine (C=N–C) groups is 1. The molecular weight excluding hydrogens is 362 g/mol. The maximum Gasteiger partial charge on any atom is 0.328 e. The van der Waals surface area contributed by atoms with E-state index in [0.29, 0.717) is 34.5 Å². The lowest BCUT2D eigenvalue weighted by Crippen LogP contribution is -2.26. The fourth-order valence-corrected chi connectivity index (χ4v) is 3.51. The van der Waals surface area contributed by atoms with Gasteiger partial charge in [-0.1, -0.05) is 18.6 Å². The van der Waals surface area contributed by atoms with E-state index in [4.69, 9.17) is 23.9 Å². The fraction of sp³-hybridized carbons (Fsp3) is 0.400. The van der Waals surface area contributed by atoms with Gasteiger partial charge in [0.05, 0.1) is 31.9 Å². The summed E-state index contributed by atoms with van der Waals surface area (Å²) < 4.78 is 22.3. The Morgan fingerprint density at radius 1 is 1.11 bits per heavy atom. The molecule has 1 aliphatic carbocycles. The molecule has 2 heterocycles. The molecule has 1 aromatic heterocycles. The summed E-state index contributed by atoms with van der Waals surface area (Å²) in [7, 11) is 2.99. The minimum absolute atomic E-state index is 0.0384. The number of carbonyl (C=O) groups excluding carboxylic acids is 1.